The summed E-state index contributed by atoms with van der Waals surface area (Å²) in [6.07, 6.45) is 2.40. The Bertz CT molecular complexity index is 359. The molecule has 128 valence electrons. The molecule has 3 N–H and O–H groups in total. The zero-order valence-electron chi connectivity index (χ0n) is 13.9. The number of amides is 1. The zero-order chi connectivity index (χ0) is 16.1. The number of carbonyl (C=O) groups excluding carboxylic acids is 1. The van der Waals surface area contributed by atoms with E-state index < -0.39 is 6.04 Å². The fourth-order valence-electron chi connectivity index (χ4n) is 3.55. The number of β-amino-alcohol motifs (C(OH)–C–C–N with tert-alkyl or cyclic N) is 1. The summed E-state index contributed by atoms with van der Waals surface area (Å²) >= 11 is 0. The van der Waals surface area contributed by atoms with Gasteiger partial charge in [-0.15, -0.1) is 0 Å². The minimum Gasteiger partial charge on any atom is -0.392 e. The van der Waals surface area contributed by atoms with Crippen LogP contribution in [-0.2, 0) is 9.53 Å². The van der Waals surface area contributed by atoms with Crippen LogP contribution in [0.1, 0.15) is 33.1 Å². The van der Waals surface area contributed by atoms with E-state index in [1.54, 1.807) is 0 Å². The van der Waals surface area contributed by atoms with E-state index >= 15 is 0 Å². The largest absolute Gasteiger partial charge is 0.392 e. The van der Waals surface area contributed by atoms with Crippen molar-refractivity contribution in [1.82, 2.24) is 9.80 Å². The molecule has 0 radical (unpaired) electrons. The summed E-state index contributed by atoms with van der Waals surface area (Å²) in [5.74, 6) is 0.332. The molecular weight excluding hydrogens is 282 g/mol. The Balaban J connectivity index is 1.90. The highest BCUT2D eigenvalue weighted by atomic mass is 16.5. The van der Waals surface area contributed by atoms with Crippen molar-refractivity contribution in [2.24, 2.45) is 11.7 Å². The SMILES string of the molecule is CCC1CN(C(=O)C(N)C2CCOCC2)CCN1CC(C)O. The molecule has 2 fully saturated rings. The van der Waals surface area contributed by atoms with E-state index in [1.165, 1.54) is 0 Å². The van der Waals surface area contributed by atoms with Crippen LogP contribution in [0.25, 0.3) is 0 Å². The number of nitrogens with two attached hydrogens (primary N) is 1. The van der Waals surface area contributed by atoms with Gasteiger partial charge < -0.3 is 20.5 Å². The second kappa shape index (κ2) is 8.24. The van der Waals surface area contributed by atoms with Crippen LogP contribution in [0.2, 0.25) is 0 Å². The number of nitrogens with zero attached hydrogens (tertiary/aromatic N) is 2. The van der Waals surface area contributed by atoms with Crippen molar-refractivity contribution in [2.45, 2.75) is 51.3 Å². The molecule has 0 spiro atoms. The maximum atomic E-state index is 12.7. The molecule has 2 saturated heterocycles. The van der Waals surface area contributed by atoms with E-state index in [4.69, 9.17) is 10.5 Å². The number of hydrogen-bond acceptors (Lipinski definition) is 5. The van der Waals surface area contributed by atoms with E-state index in [1.807, 2.05) is 11.8 Å². The van der Waals surface area contributed by atoms with Crippen LogP contribution >= 0.6 is 0 Å². The monoisotopic (exact) mass is 313 g/mol. The van der Waals surface area contributed by atoms with Crippen molar-refractivity contribution in [3.05, 3.63) is 0 Å². The first-order valence-corrected chi connectivity index (χ1v) is 8.57. The van der Waals surface area contributed by atoms with E-state index in [-0.39, 0.29) is 17.9 Å². The van der Waals surface area contributed by atoms with Gasteiger partial charge in [0.05, 0.1) is 12.1 Å². The third-order valence-electron chi connectivity index (χ3n) is 4.95. The number of ether oxygens (including phenoxy) is 1. The molecule has 0 bridgehead atoms. The Morgan fingerprint density at radius 2 is 2.05 bits per heavy atom. The summed E-state index contributed by atoms with van der Waals surface area (Å²) in [6.45, 7) is 8.29. The van der Waals surface area contributed by atoms with E-state index in [0.29, 0.717) is 32.3 Å². The fraction of sp³-hybridized carbons (Fsp3) is 0.938. The van der Waals surface area contributed by atoms with Gasteiger partial charge in [-0.3, -0.25) is 9.69 Å². The molecule has 0 aromatic rings. The zero-order valence-corrected chi connectivity index (χ0v) is 13.9. The molecule has 6 nitrogen and oxygen atoms in total. The molecule has 2 heterocycles. The molecule has 3 atom stereocenters. The fourth-order valence-corrected chi connectivity index (χ4v) is 3.55. The second-order valence-corrected chi connectivity index (χ2v) is 6.67. The molecule has 2 rings (SSSR count). The number of aliphatic hydroxyl groups excluding tert-OH is 1. The number of aliphatic hydroxyl groups is 1. The Morgan fingerprint density at radius 3 is 2.64 bits per heavy atom. The van der Waals surface area contributed by atoms with Crippen LogP contribution in [0.4, 0.5) is 0 Å². The maximum Gasteiger partial charge on any atom is 0.239 e. The molecule has 2 aliphatic rings. The highest BCUT2D eigenvalue weighted by Gasteiger charge is 2.34. The van der Waals surface area contributed by atoms with Gasteiger partial charge in [-0.2, -0.15) is 0 Å². The standard InChI is InChI=1S/C16H31N3O3/c1-3-14-11-19(7-6-18(14)10-12(2)20)16(21)15(17)13-4-8-22-9-5-13/h12-15,20H,3-11,17H2,1-2H3. The molecule has 0 aliphatic carbocycles. The van der Waals surface area contributed by atoms with Crippen molar-refractivity contribution in [3.63, 3.8) is 0 Å². The van der Waals surface area contributed by atoms with Gasteiger partial charge in [-0.05, 0) is 32.1 Å². The summed E-state index contributed by atoms with van der Waals surface area (Å²) in [5, 5.41) is 9.60. The predicted molar refractivity (Wildman–Crippen MR) is 85.4 cm³/mol. The highest BCUT2D eigenvalue weighted by molar-refractivity contribution is 5.82. The Labute approximate surface area is 133 Å². The third-order valence-corrected chi connectivity index (χ3v) is 4.95. The molecule has 1 amide bonds. The Morgan fingerprint density at radius 1 is 1.36 bits per heavy atom. The van der Waals surface area contributed by atoms with Crippen molar-refractivity contribution < 1.29 is 14.6 Å². The topological polar surface area (TPSA) is 79.0 Å². The van der Waals surface area contributed by atoms with Crippen LogP contribution in [-0.4, -0.2) is 78.4 Å². The summed E-state index contributed by atoms with van der Waals surface area (Å²) in [4.78, 5) is 16.9. The molecule has 6 heteroatoms. The smallest absolute Gasteiger partial charge is 0.239 e. The minimum atomic E-state index is -0.398. The Hall–Kier alpha value is -0.690. The van der Waals surface area contributed by atoms with Crippen molar-refractivity contribution in [3.8, 4) is 0 Å². The van der Waals surface area contributed by atoms with Gasteiger partial charge in [0.2, 0.25) is 5.91 Å². The molecule has 22 heavy (non-hydrogen) atoms. The third kappa shape index (κ3) is 4.41. The average Bonchev–Trinajstić information content (AvgIpc) is 2.54. The molecule has 0 aromatic carbocycles. The lowest BCUT2D eigenvalue weighted by molar-refractivity contribution is -0.138. The number of carbonyl (C=O) groups is 1. The lowest BCUT2D eigenvalue weighted by Crippen LogP contribution is -2.59. The average molecular weight is 313 g/mol. The molecule has 3 unspecified atom stereocenters. The van der Waals surface area contributed by atoms with Gasteiger partial charge in [0.25, 0.3) is 0 Å². The Kier molecular flexibility index (Phi) is 6.62. The van der Waals surface area contributed by atoms with Gasteiger partial charge >= 0.3 is 0 Å². The van der Waals surface area contributed by atoms with E-state index in [9.17, 15) is 9.90 Å². The predicted octanol–water partition coefficient (Wildman–Crippen LogP) is 0.0439. The normalized spacial score (nSPS) is 27.6. The summed E-state index contributed by atoms with van der Waals surface area (Å²) in [7, 11) is 0. The van der Waals surface area contributed by atoms with Gasteiger partial charge in [0.1, 0.15) is 0 Å². The molecular formula is C16H31N3O3. The maximum absolute atomic E-state index is 12.7. The molecule has 0 aromatic heterocycles. The first-order chi connectivity index (χ1) is 10.5. The van der Waals surface area contributed by atoms with Crippen LogP contribution in [0.15, 0.2) is 0 Å². The van der Waals surface area contributed by atoms with Crippen molar-refractivity contribution >= 4 is 5.91 Å². The van der Waals surface area contributed by atoms with Crippen molar-refractivity contribution in [1.29, 1.82) is 0 Å². The van der Waals surface area contributed by atoms with Gasteiger partial charge in [-0.25, -0.2) is 0 Å². The number of hydrogen-bond donors (Lipinski definition) is 2. The lowest BCUT2D eigenvalue weighted by Gasteiger charge is -2.43. The highest BCUT2D eigenvalue weighted by Crippen LogP contribution is 2.21. The van der Waals surface area contributed by atoms with Crippen LogP contribution < -0.4 is 5.73 Å². The second-order valence-electron chi connectivity index (χ2n) is 6.67. The summed E-state index contributed by atoms with van der Waals surface area (Å²) in [6, 6.07) is -0.0843. The van der Waals surface area contributed by atoms with Gasteiger partial charge in [0, 0.05) is 45.4 Å². The number of rotatable bonds is 5. The number of piperazine rings is 1. The van der Waals surface area contributed by atoms with Crippen LogP contribution in [0.3, 0.4) is 0 Å². The van der Waals surface area contributed by atoms with Crippen molar-refractivity contribution in [2.75, 3.05) is 39.4 Å². The van der Waals surface area contributed by atoms with Gasteiger partial charge in [0.15, 0.2) is 0 Å². The first-order valence-electron chi connectivity index (χ1n) is 8.57. The van der Waals surface area contributed by atoms with Crippen LogP contribution in [0, 0.1) is 5.92 Å². The van der Waals surface area contributed by atoms with E-state index in [0.717, 1.165) is 32.4 Å². The summed E-state index contributed by atoms with van der Waals surface area (Å²) in [5.41, 5.74) is 6.22. The quantitative estimate of drug-likeness (QED) is 0.749. The summed E-state index contributed by atoms with van der Waals surface area (Å²) < 4.78 is 5.35. The van der Waals surface area contributed by atoms with Gasteiger partial charge in [-0.1, -0.05) is 6.92 Å². The van der Waals surface area contributed by atoms with E-state index in [2.05, 4.69) is 11.8 Å². The minimum absolute atomic E-state index is 0.0852. The first kappa shape index (κ1) is 17.7. The molecule has 0 saturated carbocycles. The lowest BCUT2D eigenvalue weighted by atomic mass is 9.91. The van der Waals surface area contributed by atoms with Crippen LogP contribution in [0.5, 0.6) is 0 Å². The molecule has 2 aliphatic heterocycles.